The molecule has 1 aliphatic heterocycles. The second kappa shape index (κ2) is 5.20. The van der Waals surface area contributed by atoms with Crippen LogP contribution in [-0.4, -0.2) is 27.5 Å². The average molecular weight is 313 g/mol. The van der Waals surface area contributed by atoms with Gasteiger partial charge in [0.1, 0.15) is 4.88 Å². The molecule has 1 atom stereocenters. The first-order valence-corrected chi connectivity index (χ1v) is 7.51. The van der Waals surface area contributed by atoms with Crippen LogP contribution in [0.5, 0.6) is 0 Å². The van der Waals surface area contributed by atoms with Crippen molar-refractivity contribution in [1.82, 2.24) is 9.78 Å². The van der Waals surface area contributed by atoms with Gasteiger partial charge in [0, 0.05) is 17.0 Å². The van der Waals surface area contributed by atoms with Crippen LogP contribution < -0.4 is 0 Å². The van der Waals surface area contributed by atoms with Gasteiger partial charge in [0.15, 0.2) is 0 Å². The van der Waals surface area contributed by atoms with Crippen LogP contribution in [0.25, 0.3) is 11.3 Å². The van der Waals surface area contributed by atoms with Gasteiger partial charge in [0.05, 0.1) is 29.6 Å². The Morgan fingerprint density at radius 2 is 2.50 bits per heavy atom. The number of rotatable bonds is 2. The molecule has 2 aromatic rings. The van der Waals surface area contributed by atoms with Gasteiger partial charge in [-0.15, -0.1) is 11.3 Å². The molecule has 106 valence electrons. The molecule has 0 fully saturated rings. The second-order valence-electron chi connectivity index (χ2n) is 4.48. The lowest BCUT2D eigenvalue weighted by molar-refractivity contribution is 0.0532. The van der Waals surface area contributed by atoms with E-state index in [0.717, 1.165) is 16.1 Å². The van der Waals surface area contributed by atoms with Crippen molar-refractivity contribution in [3.05, 3.63) is 27.0 Å². The van der Waals surface area contributed by atoms with Crippen LogP contribution in [0.4, 0.5) is 0 Å². The molecule has 3 rings (SSSR count). The number of aromatic nitrogens is 2. The van der Waals surface area contributed by atoms with Gasteiger partial charge in [-0.25, -0.2) is 4.79 Å². The van der Waals surface area contributed by atoms with Crippen molar-refractivity contribution < 1.29 is 14.6 Å². The van der Waals surface area contributed by atoms with Gasteiger partial charge in [-0.2, -0.15) is 5.10 Å². The minimum atomic E-state index is -0.615. The highest BCUT2D eigenvalue weighted by Gasteiger charge is 2.28. The summed E-state index contributed by atoms with van der Waals surface area (Å²) < 4.78 is 6.77. The Balaban J connectivity index is 2.13. The lowest BCUT2D eigenvalue weighted by Crippen LogP contribution is -2.03. The summed E-state index contributed by atoms with van der Waals surface area (Å²) in [4.78, 5) is 13.1. The highest BCUT2D eigenvalue weighted by molar-refractivity contribution is 7.14. The SMILES string of the molecule is CCOC(=O)c1cc2c(s1)C(O)CCn1ncc(Cl)c1-2. The zero-order valence-corrected chi connectivity index (χ0v) is 12.4. The maximum atomic E-state index is 11.8. The van der Waals surface area contributed by atoms with Gasteiger partial charge in [0.25, 0.3) is 0 Å². The first-order valence-electron chi connectivity index (χ1n) is 6.32. The molecule has 1 unspecified atom stereocenters. The molecule has 0 bridgehead atoms. The number of hydrogen-bond donors (Lipinski definition) is 1. The first-order chi connectivity index (χ1) is 9.61. The van der Waals surface area contributed by atoms with E-state index in [4.69, 9.17) is 16.3 Å². The number of carbonyl (C=O) groups is 1. The smallest absolute Gasteiger partial charge is 0.348 e. The van der Waals surface area contributed by atoms with E-state index in [1.165, 1.54) is 11.3 Å². The van der Waals surface area contributed by atoms with Gasteiger partial charge >= 0.3 is 5.97 Å². The number of halogens is 1. The Kier molecular flexibility index (Phi) is 3.54. The van der Waals surface area contributed by atoms with Gasteiger partial charge in [-0.3, -0.25) is 4.68 Å². The molecule has 0 saturated heterocycles. The van der Waals surface area contributed by atoms with E-state index >= 15 is 0 Å². The summed E-state index contributed by atoms with van der Waals surface area (Å²) >= 11 is 7.44. The molecule has 1 aliphatic rings. The Hall–Kier alpha value is -1.37. The minimum absolute atomic E-state index is 0.322. The topological polar surface area (TPSA) is 64.3 Å². The van der Waals surface area contributed by atoms with E-state index in [0.29, 0.717) is 29.5 Å². The third-order valence-corrected chi connectivity index (χ3v) is 4.70. The van der Waals surface area contributed by atoms with Crippen molar-refractivity contribution in [2.45, 2.75) is 26.0 Å². The Labute approximate surface area is 124 Å². The number of nitrogens with zero attached hydrogens (tertiary/aromatic N) is 2. The summed E-state index contributed by atoms with van der Waals surface area (Å²) in [5.74, 6) is -0.375. The Morgan fingerprint density at radius 1 is 1.70 bits per heavy atom. The lowest BCUT2D eigenvalue weighted by Gasteiger charge is -2.05. The van der Waals surface area contributed by atoms with Crippen LogP contribution in [0.15, 0.2) is 12.3 Å². The maximum absolute atomic E-state index is 11.8. The zero-order valence-electron chi connectivity index (χ0n) is 10.8. The maximum Gasteiger partial charge on any atom is 0.348 e. The van der Waals surface area contributed by atoms with Crippen LogP contribution >= 0.6 is 22.9 Å². The normalized spacial score (nSPS) is 17.2. The molecule has 0 amide bonds. The van der Waals surface area contributed by atoms with Crippen LogP contribution in [0.3, 0.4) is 0 Å². The van der Waals surface area contributed by atoms with Gasteiger partial charge in [-0.1, -0.05) is 11.6 Å². The fraction of sp³-hybridized carbons (Fsp3) is 0.385. The molecule has 0 spiro atoms. The van der Waals surface area contributed by atoms with Crippen molar-refractivity contribution in [3.63, 3.8) is 0 Å². The van der Waals surface area contributed by atoms with Gasteiger partial charge in [-0.05, 0) is 19.4 Å². The molecule has 5 nitrogen and oxygen atoms in total. The summed E-state index contributed by atoms with van der Waals surface area (Å²) in [5, 5.41) is 14.9. The van der Waals surface area contributed by atoms with Crippen molar-refractivity contribution in [3.8, 4) is 11.3 Å². The van der Waals surface area contributed by atoms with E-state index < -0.39 is 6.10 Å². The monoisotopic (exact) mass is 312 g/mol. The molecule has 0 saturated carbocycles. The third-order valence-electron chi connectivity index (χ3n) is 3.20. The quantitative estimate of drug-likeness (QED) is 0.866. The summed E-state index contributed by atoms with van der Waals surface area (Å²) in [6.07, 6.45) is 1.51. The largest absolute Gasteiger partial charge is 0.462 e. The second-order valence-corrected chi connectivity index (χ2v) is 5.97. The summed E-state index contributed by atoms with van der Waals surface area (Å²) in [5.41, 5.74) is 1.52. The van der Waals surface area contributed by atoms with Crippen LogP contribution in [0.1, 0.15) is 34.0 Å². The molecule has 1 N–H and O–H groups in total. The van der Waals surface area contributed by atoms with Crippen molar-refractivity contribution in [2.75, 3.05) is 6.61 Å². The molecule has 0 aromatic carbocycles. The van der Waals surface area contributed by atoms with Gasteiger partial charge < -0.3 is 9.84 Å². The number of ether oxygens (including phenoxy) is 1. The zero-order chi connectivity index (χ0) is 14.3. The number of aliphatic hydroxyl groups excluding tert-OH is 1. The molecule has 3 heterocycles. The van der Waals surface area contributed by atoms with E-state index in [9.17, 15) is 9.90 Å². The number of carbonyl (C=O) groups excluding carboxylic acids is 1. The van der Waals surface area contributed by atoms with Crippen LogP contribution in [0.2, 0.25) is 5.02 Å². The molecule has 20 heavy (non-hydrogen) atoms. The van der Waals surface area contributed by atoms with Crippen LogP contribution in [0, 0.1) is 0 Å². The number of hydrogen-bond acceptors (Lipinski definition) is 5. The Bertz CT molecular complexity index is 665. The number of esters is 1. The predicted octanol–water partition coefficient (Wildman–Crippen LogP) is 2.88. The van der Waals surface area contributed by atoms with Crippen molar-refractivity contribution in [1.29, 1.82) is 0 Å². The predicted molar refractivity (Wildman–Crippen MR) is 76.1 cm³/mol. The summed E-state index contributed by atoms with van der Waals surface area (Å²) in [6, 6.07) is 1.73. The van der Waals surface area contributed by atoms with Crippen LogP contribution in [-0.2, 0) is 11.3 Å². The molecule has 2 aromatic heterocycles. The van der Waals surface area contributed by atoms with E-state index in [1.54, 1.807) is 23.9 Å². The van der Waals surface area contributed by atoms with Crippen molar-refractivity contribution >= 4 is 28.9 Å². The summed E-state index contributed by atoms with van der Waals surface area (Å²) in [6.45, 7) is 2.68. The molecular weight excluding hydrogens is 300 g/mol. The van der Waals surface area contributed by atoms with Gasteiger partial charge in [0.2, 0.25) is 0 Å². The fourth-order valence-electron chi connectivity index (χ4n) is 2.32. The standard InChI is InChI=1S/C13H13ClN2O3S/c1-2-19-13(18)10-5-7-11-8(14)6-15-16(11)4-3-9(17)12(7)20-10/h5-6,9,17H,2-4H2,1H3. The number of aliphatic hydroxyl groups is 1. The first kappa shape index (κ1) is 13.6. The minimum Gasteiger partial charge on any atom is -0.462 e. The highest BCUT2D eigenvalue weighted by atomic mass is 35.5. The number of thiophene rings is 1. The lowest BCUT2D eigenvalue weighted by atomic mass is 10.1. The summed E-state index contributed by atoms with van der Waals surface area (Å²) in [7, 11) is 0. The molecule has 0 aliphatic carbocycles. The van der Waals surface area contributed by atoms with E-state index in [2.05, 4.69) is 5.10 Å². The molecular formula is C13H13ClN2O3S. The molecule has 0 radical (unpaired) electrons. The van der Waals surface area contributed by atoms with Crippen molar-refractivity contribution in [2.24, 2.45) is 0 Å². The highest BCUT2D eigenvalue weighted by Crippen LogP contribution is 2.42. The molecule has 7 heteroatoms. The van der Waals surface area contributed by atoms with E-state index in [1.807, 2.05) is 0 Å². The van der Waals surface area contributed by atoms with E-state index in [-0.39, 0.29) is 5.97 Å². The third kappa shape index (κ3) is 2.13. The number of fused-ring (bicyclic) bond motifs is 3. The average Bonchev–Trinajstić information content (AvgIpc) is 2.97. The fourth-order valence-corrected chi connectivity index (χ4v) is 3.63. The Morgan fingerprint density at radius 3 is 3.25 bits per heavy atom. The number of aryl methyl sites for hydroxylation is 1.